The van der Waals surface area contributed by atoms with Crippen LogP contribution < -0.4 is 4.90 Å². The van der Waals surface area contributed by atoms with Crippen molar-refractivity contribution in [2.75, 3.05) is 26.0 Å². The number of benzodiazepines with no additional fused rings is 1. The van der Waals surface area contributed by atoms with Crippen LogP contribution in [0.2, 0.25) is 5.02 Å². The summed E-state index contributed by atoms with van der Waals surface area (Å²) in [6.45, 7) is 0. The van der Waals surface area contributed by atoms with Gasteiger partial charge >= 0.3 is 0 Å². The van der Waals surface area contributed by atoms with E-state index in [0.717, 1.165) is 22.5 Å². The first-order chi connectivity index (χ1) is 11.5. The third-order valence-electron chi connectivity index (χ3n) is 3.76. The molecule has 5 heteroatoms. The number of amides is 1. The molecular weight excluding hydrogens is 322 g/mol. The Morgan fingerprint density at radius 1 is 1.12 bits per heavy atom. The lowest BCUT2D eigenvalue weighted by Gasteiger charge is -2.18. The molecule has 2 aromatic rings. The maximum atomic E-state index is 12.8. The molecule has 24 heavy (non-hydrogen) atoms. The van der Waals surface area contributed by atoms with E-state index in [1.807, 2.05) is 61.5 Å². The van der Waals surface area contributed by atoms with E-state index in [-0.39, 0.29) is 5.91 Å². The lowest BCUT2D eigenvalue weighted by atomic mass is 10.0. The average Bonchev–Trinajstić information content (AvgIpc) is 2.66. The molecule has 122 valence electrons. The van der Waals surface area contributed by atoms with E-state index < -0.39 is 0 Å². The second-order valence-electron chi connectivity index (χ2n) is 5.83. The molecule has 4 nitrogen and oxygen atoms in total. The van der Waals surface area contributed by atoms with Gasteiger partial charge in [0, 0.05) is 43.5 Å². The van der Waals surface area contributed by atoms with E-state index in [2.05, 4.69) is 4.99 Å². The Morgan fingerprint density at radius 2 is 1.83 bits per heavy atom. The number of aliphatic imine (C=N–C) groups is 1. The van der Waals surface area contributed by atoms with Gasteiger partial charge in [-0.1, -0.05) is 41.9 Å². The van der Waals surface area contributed by atoms with Crippen LogP contribution in [0.25, 0.3) is 0 Å². The zero-order chi connectivity index (χ0) is 17.3. The van der Waals surface area contributed by atoms with Gasteiger partial charge in [-0.2, -0.15) is 0 Å². The third kappa shape index (κ3) is 3.05. The molecule has 0 N–H and O–H groups in total. The molecule has 0 unspecified atom stereocenters. The van der Waals surface area contributed by atoms with E-state index in [1.165, 1.54) is 0 Å². The molecule has 0 aromatic heterocycles. The van der Waals surface area contributed by atoms with Gasteiger partial charge in [-0.3, -0.25) is 4.79 Å². The lowest BCUT2D eigenvalue weighted by Crippen LogP contribution is -2.27. The molecule has 1 aliphatic heterocycles. The summed E-state index contributed by atoms with van der Waals surface area (Å²) < 4.78 is 0. The number of carbonyl (C=O) groups is 1. The van der Waals surface area contributed by atoms with Crippen molar-refractivity contribution in [3.8, 4) is 0 Å². The minimum Gasteiger partial charge on any atom is -0.382 e. The summed E-state index contributed by atoms with van der Waals surface area (Å²) >= 11 is 6.21. The maximum absolute atomic E-state index is 12.8. The topological polar surface area (TPSA) is 35.9 Å². The minimum absolute atomic E-state index is 0.154. The Balaban J connectivity index is 2.30. The van der Waals surface area contributed by atoms with Crippen LogP contribution in [-0.4, -0.2) is 37.7 Å². The highest BCUT2D eigenvalue weighted by molar-refractivity contribution is 6.32. The van der Waals surface area contributed by atoms with Gasteiger partial charge in [-0.15, -0.1) is 0 Å². The van der Waals surface area contributed by atoms with Crippen LogP contribution in [-0.2, 0) is 4.79 Å². The van der Waals surface area contributed by atoms with Gasteiger partial charge in [-0.25, -0.2) is 4.99 Å². The Hall–Kier alpha value is -2.59. The summed E-state index contributed by atoms with van der Waals surface area (Å²) in [4.78, 5) is 20.9. The third-order valence-corrected chi connectivity index (χ3v) is 3.99. The summed E-state index contributed by atoms with van der Waals surface area (Å²) in [6, 6.07) is 15.3. The fourth-order valence-corrected chi connectivity index (χ4v) is 2.82. The molecule has 1 amide bonds. The molecule has 0 spiro atoms. The molecule has 0 radical (unpaired) electrons. The zero-order valence-corrected chi connectivity index (χ0v) is 14.6. The highest BCUT2D eigenvalue weighted by Gasteiger charge is 2.26. The van der Waals surface area contributed by atoms with Crippen molar-refractivity contribution >= 4 is 28.9 Å². The van der Waals surface area contributed by atoms with Crippen molar-refractivity contribution in [3.05, 3.63) is 76.6 Å². The van der Waals surface area contributed by atoms with E-state index in [0.29, 0.717) is 10.7 Å². The fraction of sp³-hybridized carbons (Fsp3) is 0.158. The van der Waals surface area contributed by atoms with Gasteiger partial charge in [0.05, 0.1) is 11.4 Å². The quantitative estimate of drug-likeness (QED) is 0.784. The number of rotatable bonds is 2. The molecule has 0 saturated heterocycles. The van der Waals surface area contributed by atoms with Gasteiger partial charge in [0.25, 0.3) is 5.91 Å². The SMILES string of the molecule is CN(C)/C=C1/N=C(c2ccccc2)c2cc(Cl)ccc2N(C)C1=O. The highest BCUT2D eigenvalue weighted by Crippen LogP contribution is 2.31. The molecule has 0 saturated carbocycles. The number of fused-ring (bicyclic) bond motifs is 1. The number of hydrogen-bond donors (Lipinski definition) is 0. The van der Waals surface area contributed by atoms with Crippen LogP contribution in [0.4, 0.5) is 5.69 Å². The predicted molar refractivity (Wildman–Crippen MR) is 98.7 cm³/mol. The number of benzene rings is 2. The monoisotopic (exact) mass is 339 g/mol. The first kappa shape index (κ1) is 16.3. The molecule has 1 heterocycles. The number of anilines is 1. The zero-order valence-electron chi connectivity index (χ0n) is 13.8. The molecular formula is C19H18ClN3O. The number of carbonyl (C=O) groups excluding carboxylic acids is 1. The second kappa shape index (κ2) is 6.49. The molecule has 3 rings (SSSR count). The van der Waals surface area contributed by atoms with Crippen LogP contribution in [0.3, 0.4) is 0 Å². The first-order valence-corrected chi connectivity index (χ1v) is 7.95. The van der Waals surface area contributed by atoms with Crippen LogP contribution in [0.1, 0.15) is 11.1 Å². The van der Waals surface area contributed by atoms with Crippen LogP contribution in [0.5, 0.6) is 0 Å². The fourth-order valence-electron chi connectivity index (χ4n) is 2.64. The molecule has 0 bridgehead atoms. The first-order valence-electron chi connectivity index (χ1n) is 7.57. The van der Waals surface area contributed by atoms with Gasteiger partial charge in [0.15, 0.2) is 0 Å². The van der Waals surface area contributed by atoms with Crippen molar-refractivity contribution < 1.29 is 4.79 Å². The minimum atomic E-state index is -0.154. The number of likely N-dealkylation sites (N-methyl/N-ethyl adjacent to an activating group) is 1. The summed E-state index contributed by atoms with van der Waals surface area (Å²) in [5.74, 6) is -0.154. The van der Waals surface area contributed by atoms with Gasteiger partial charge < -0.3 is 9.80 Å². The number of halogens is 1. The van der Waals surface area contributed by atoms with Gasteiger partial charge in [0.1, 0.15) is 5.70 Å². The van der Waals surface area contributed by atoms with Crippen molar-refractivity contribution in [2.45, 2.75) is 0 Å². The molecule has 0 fully saturated rings. The summed E-state index contributed by atoms with van der Waals surface area (Å²) in [6.07, 6.45) is 1.73. The standard InChI is InChI=1S/C19H18ClN3O/c1-22(2)12-16-19(24)23(3)17-10-9-14(20)11-15(17)18(21-16)13-7-5-4-6-8-13/h4-12H,1-3H3/b16-12+. The Bertz CT molecular complexity index is 841. The average molecular weight is 340 g/mol. The predicted octanol–water partition coefficient (Wildman–Crippen LogP) is 3.56. The molecule has 1 aliphatic rings. The maximum Gasteiger partial charge on any atom is 0.278 e. The van der Waals surface area contributed by atoms with Crippen molar-refractivity contribution in [3.63, 3.8) is 0 Å². The van der Waals surface area contributed by atoms with Gasteiger partial charge in [0.2, 0.25) is 0 Å². The largest absolute Gasteiger partial charge is 0.382 e. The van der Waals surface area contributed by atoms with Crippen LogP contribution in [0.15, 0.2) is 65.4 Å². The second-order valence-corrected chi connectivity index (χ2v) is 6.27. The van der Waals surface area contributed by atoms with E-state index in [4.69, 9.17) is 11.6 Å². The van der Waals surface area contributed by atoms with Crippen LogP contribution >= 0.6 is 11.6 Å². The normalized spacial score (nSPS) is 15.8. The molecule has 0 aliphatic carbocycles. The van der Waals surface area contributed by atoms with Gasteiger partial charge in [-0.05, 0) is 18.2 Å². The molecule has 0 atom stereocenters. The van der Waals surface area contributed by atoms with Crippen molar-refractivity contribution in [1.82, 2.24) is 4.90 Å². The Kier molecular flexibility index (Phi) is 4.40. The van der Waals surface area contributed by atoms with Crippen molar-refractivity contribution in [2.24, 2.45) is 4.99 Å². The Morgan fingerprint density at radius 3 is 2.50 bits per heavy atom. The highest BCUT2D eigenvalue weighted by atomic mass is 35.5. The smallest absolute Gasteiger partial charge is 0.278 e. The Labute approximate surface area is 146 Å². The summed E-state index contributed by atoms with van der Waals surface area (Å²) in [5.41, 5.74) is 3.68. The molecule has 2 aromatic carbocycles. The lowest BCUT2D eigenvalue weighted by molar-refractivity contribution is -0.114. The number of nitrogens with zero attached hydrogens (tertiary/aromatic N) is 3. The summed E-state index contributed by atoms with van der Waals surface area (Å²) in [7, 11) is 5.49. The van der Waals surface area contributed by atoms with E-state index in [1.54, 1.807) is 24.2 Å². The number of hydrogen-bond acceptors (Lipinski definition) is 3. The summed E-state index contributed by atoms with van der Waals surface area (Å²) in [5, 5.41) is 0.610. The van der Waals surface area contributed by atoms with E-state index in [9.17, 15) is 4.79 Å². The van der Waals surface area contributed by atoms with Crippen LogP contribution in [0, 0.1) is 0 Å². The van der Waals surface area contributed by atoms with E-state index >= 15 is 0 Å². The van der Waals surface area contributed by atoms with Crippen molar-refractivity contribution in [1.29, 1.82) is 0 Å².